The van der Waals surface area contributed by atoms with E-state index >= 15 is 0 Å². The van der Waals surface area contributed by atoms with Gasteiger partial charge in [0.1, 0.15) is 0 Å². The summed E-state index contributed by atoms with van der Waals surface area (Å²) in [6.45, 7) is 0.527. The minimum Gasteiger partial charge on any atom is -0.415 e. The highest BCUT2D eigenvalue weighted by Crippen LogP contribution is 2.33. The fourth-order valence-electron chi connectivity index (χ4n) is 3.69. The summed E-state index contributed by atoms with van der Waals surface area (Å²) in [5, 5.41) is 6.96. The predicted molar refractivity (Wildman–Crippen MR) is 84.8 cm³/mol. The largest absolute Gasteiger partial charge is 0.415 e. The van der Waals surface area contributed by atoms with Crippen molar-refractivity contribution in [2.45, 2.75) is 50.7 Å². The first-order chi connectivity index (χ1) is 12.0. The van der Waals surface area contributed by atoms with Gasteiger partial charge in [0.05, 0.1) is 0 Å². The predicted octanol–water partition coefficient (Wildman–Crippen LogP) is 2.90. The number of alkyl halides is 2. The van der Waals surface area contributed by atoms with Crippen molar-refractivity contribution in [3.8, 4) is 11.5 Å². The molecule has 2 aliphatic rings. The SMILES string of the molecule is N[C@@H]1CCCC[C@H]1N1Cc2ccc(-c3nnc(C(F)F)o3)cc2C1=O. The maximum Gasteiger partial charge on any atom is 0.314 e. The lowest BCUT2D eigenvalue weighted by atomic mass is 9.90. The lowest BCUT2D eigenvalue weighted by molar-refractivity contribution is 0.0631. The Hall–Kier alpha value is -2.35. The molecule has 2 aromatic rings. The zero-order chi connectivity index (χ0) is 17.6. The number of rotatable bonds is 3. The zero-order valence-corrected chi connectivity index (χ0v) is 13.5. The van der Waals surface area contributed by atoms with E-state index in [-0.39, 0.29) is 23.9 Å². The number of benzene rings is 1. The van der Waals surface area contributed by atoms with Gasteiger partial charge in [-0.05, 0) is 30.5 Å². The normalized spacial score (nSPS) is 23.4. The third-order valence-corrected chi connectivity index (χ3v) is 5.00. The lowest BCUT2D eigenvalue weighted by Crippen LogP contribution is -2.49. The molecule has 6 nitrogen and oxygen atoms in total. The minimum atomic E-state index is -2.82. The van der Waals surface area contributed by atoms with E-state index in [1.54, 1.807) is 12.1 Å². The summed E-state index contributed by atoms with van der Waals surface area (Å²) in [5.74, 6) is -0.817. The van der Waals surface area contributed by atoms with E-state index in [0.717, 1.165) is 31.2 Å². The first-order valence-electron chi connectivity index (χ1n) is 8.36. The highest BCUT2D eigenvalue weighted by molar-refractivity contribution is 5.99. The van der Waals surface area contributed by atoms with Gasteiger partial charge < -0.3 is 15.1 Å². The molecule has 1 aromatic heterocycles. The van der Waals surface area contributed by atoms with Gasteiger partial charge in [0.15, 0.2) is 0 Å². The monoisotopic (exact) mass is 348 g/mol. The number of carbonyl (C=O) groups is 1. The molecule has 25 heavy (non-hydrogen) atoms. The maximum absolute atomic E-state index is 12.8. The first kappa shape index (κ1) is 16.1. The van der Waals surface area contributed by atoms with E-state index < -0.39 is 12.3 Å². The molecule has 8 heteroatoms. The molecule has 4 rings (SSSR count). The molecule has 1 saturated carbocycles. The third kappa shape index (κ3) is 2.80. The highest BCUT2D eigenvalue weighted by atomic mass is 19.3. The fourth-order valence-corrected chi connectivity index (χ4v) is 3.69. The van der Waals surface area contributed by atoms with Crippen molar-refractivity contribution in [3.63, 3.8) is 0 Å². The van der Waals surface area contributed by atoms with Crippen LogP contribution in [-0.4, -0.2) is 33.1 Å². The molecule has 0 saturated heterocycles. The summed E-state index contributed by atoms with van der Waals surface area (Å²) < 4.78 is 30.2. The quantitative estimate of drug-likeness (QED) is 0.922. The average molecular weight is 348 g/mol. The second kappa shape index (κ2) is 6.18. The Morgan fingerprint density at radius 2 is 2.04 bits per heavy atom. The molecule has 1 fully saturated rings. The second-order valence-electron chi connectivity index (χ2n) is 6.57. The molecule has 132 valence electrons. The maximum atomic E-state index is 12.8. The molecule has 0 bridgehead atoms. The van der Waals surface area contributed by atoms with E-state index in [4.69, 9.17) is 10.2 Å². The minimum absolute atomic E-state index is 0.00368. The number of fused-ring (bicyclic) bond motifs is 1. The van der Waals surface area contributed by atoms with E-state index in [9.17, 15) is 13.6 Å². The lowest BCUT2D eigenvalue weighted by Gasteiger charge is -2.35. The summed E-state index contributed by atoms with van der Waals surface area (Å²) in [4.78, 5) is 14.7. The van der Waals surface area contributed by atoms with Gasteiger partial charge in [0.2, 0.25) is 5.89 Å². The Bertz CT molecular complexity index is 808. The van der Waals surface area contributed by atoms with E-state index in [0.29, 0.717) is 17.7 Å². The molecule has 2 heterocycles. The molecular formula is C17H18F2N4O2. The van der Waals surface area contributed by atoms with Gasteiger partial charge in [-0.25, -0.2) is 0 Å². The van der Waals surface area contributed by atoms with Crippen LogP contribution in [0.3, 0.4) is 0 Å². The Balaban J connectivity index is 1.61. The van der Waals surface area contributed by atoms with Gasteiger partial charge in [0.25, 0.3) is 11.8 Å². The van der Waals surface area contributed by atoms with Gasteiger partial charge in [-0.3, -0.25) is 4.79 Å². The Morgan fingerprint density at radius 1 is 1.24 bits per heavy atom. The average Bonchev–Trinajstić information content (AvgIpc) is 3.21. The van der Waals surface area contributed by atoms with Gasteiger partial charge in [0, 0.05) is 29.8 Å². The van der Waals surface area contributed by atoms with Gasteiger partial charge in [-0.15, -0.1) is 10.2 Å². The number of hydrogen-bond acceptors (Lipinski definition) is 5. The molecular weight excluding hydrogens is 330 g/mol. The van der Waals surface area contributed by atoms with Crippen LogP contribution in [0.15, 0.2) is 22.6 Å². The summed E-state index contributed by atoms with van der Waals surface area (Å²) in [6, 6.07) is 5.19. The van der Waals surface area contributed by atoms with Crippen molar-refractivity contribution < 1.29 is 18.0 Å². The van der Waals surface area contributed by atoms with Crippen molar-refractivity contribution in [3.05, 3.63) is 35.2 Å². The number of nitrogens with two attached hydrogens (primary N) is 1. The van der Waals surface area contributed by atoms with Crippen LogP contribution in [-0.2, 0) is 6.54 Å². The molecule has 1 aliphatic heterocycles. The summed E-state index contributed by atoms with van der Waals surface area (Å²) in [7, 11) is 0. The second-order valence-corrected chi connectivity index (χ2v) is 6.57. The van der Waals surface area contributed by atoms with Crippen molar-refractivity contribution in [2.24, 2.45) is 5.73 Å². The van der Waals surface area contributed by atoms with E-state index in [1.807, 2.05) is 11.0 Å². The van der Waals surface area contributed by atoms with Crippen molar-refractivity contribution >= 4 is 5.91 Å². The van der Waals surface area contributed by atoms with Crippen LogP contribution in [0.1, 0.15) is 53.9 Å². The Labute approximate surface area is 143 Å². The molecule has 1 amide bonds. The molecule has 1 aliphatic carbocycles. The molecule has 2 atom stereocenters. The Kier molecular flexibility index (Phi) is 3.99. The van der Waals surface area contributed by atoms with Crippen molar-refractivity contribution in [1.29, 1.82) is 0 Å². The number of carbonyl (C=O) groups excluding carboxylic acids is 1. The van der Waals surface area contributed by atoms with Crippen LogP contribution in [0.5, 0.6) is 0 Å². The Morgan fingerprint density at radius 3 is 2.76 bits per heavy atom. The molecule has 2 N–H and O–H groups in total. The number of halogens is 2. The van der Waals surface area contributed by atoms with Gasteiger partial charge in [-0.1, -0.05) is 18.9 Å². The topological polar surface area (TPSA) is 85.2 Å². The zero-order valence-electron chi connectivity index (χ0n) is 13.5. The molecule has 1 aromatic carbocycles. The summed E-state index contributed by atoms with van der Waals surface area (Å²) >= 11 is 0. The van der Waals surface area contributed by atoms with Crippen molar-refractivity contribution in [1.82, 2.24) is 15.1 Å². The third-order valence-electron chi connectivity index (χ3n) is 5.00. The highest BCUT2D eigenvalue weighted by Gasteiger charge is 2.36. The number of nitrogens with zero attached hydrogens (tertiary/aromatic N) is 3. The van der Waals surface area contributed by atoms with Gasteiger partial charge >= 0.3 is 6.43 Å². The van der Waals surface area contributed by atoms with Crippen LogP contribution in [0, 0.1) is 0 Å². The first-order valence-corrected chi connectivity index (χ1v) is 8.36. The smallest absolute Gasteiger partial charge is 0.314 e. The van der Waals surface area contributed by atoms with Crippen molar-refractivity contribution in [2.75, 3.05) is 0 Å². The number of hydrogen-bond donors (Lipinski definition) is 1. The molecule has 0 spiro atoms. The van der Waals surface area contributed by atoms with Crippen LogP contribution < -0.4 is 5.73 Å². The number of aromatic nitrogens is 2. The van der Waals surface area contributed by atoms with Crippen LogP contribution in [0.2, 0.25) is 0 Å². The van der Waals surface area contributed by atoms with Crippen LogP contribution in [0.4, 0.5) is 8.78 Å². The fraction of sp³-hybridized carbons (Fsp3) is 0.471. The van der Waals surface area contributed by atoms with Gasteiger partial charge in [-0.2, -0.15) is 8.78 Å². The van der Waals surface area contributed by atoms with Crippen LogP contribution in [0.25, 0.3) is 11.5 Å². The molecule has 0 unspecified atom stereocenters. The van der Waals surface area contributed by atoms with Crippen LogP contribution >= 0.6 is 0 Å². The molecule has 0 radical (unpaired) electrons. The summed E-state index contributed by atoms with van der Waals surface area (Å²) in [6.07, 6.45) is 1.19. The number of amides is 1. The van der Waals surface area contributed by atoms with E-state index in [1.165, 1.54) is 0 Å². The van der Waals surface area contributed by atoms with E-state index in [2.05, 4.69) is 10.2 Å². The summed E-state index contributed by atoms with van der Waals surface area (Å²) in [5.41, 5.74) is 8.12. The standard InChI is InChI=1S/C17H18F2N4O2/c18-14(19)16-22-21-15(25-16)9-5-6-10-8-23(17(24)11(10)7-9)13-4-2-1-3-12(13)20/h5-7,12-14H,1-4,8,20H2/t12-,13-/m1/s1.